The van der Waals surface area contributed by atoms with E-state index in [0.717, 1.165) is 36.1 Å². The lowest BCUT2D eigenvalue weighted by atomic mass is 9.90. The number of benzene rings is 1. The van der Waals surface area contributed by atoms with Crippen molar-refractivity contribution in [1.29, 1.82) is 1.28 Å². The zero-order valence-electron chi connectivity index (χ0n) is 20.8. The van der Waals surface area contributed by atoms with E-state index >= 15 is 0 Å². The zero-order valence-corrected chi connectivity index (χ0v) is 22.7. The lowest BCUT2D eigenvalue weighted by Crippen LogP contribution is -2.19. The van der Waals surface area contributed by atoms with E-state index in [4.69, 9.17) is 26.7 Å². The number of hydrogen-bond acceptors (Lipinski definition) is 6. The van der Waals surface area contributed by atoms with Gasteiger partial charge < -0.3 is 23.6 Å². The minimum atomic E-state index is -0.670. The van der Waals surface area contributed by atoms with Crippen molar-refractivity contribution in [3.8, 4) is 5.75 Å². The van der Waals surface area contributed by atoms with E-state index in [-0.39, 0.29) is 38.7 Å². The third-order valence-electron chi connectivity index (χ3n) is 6.10. The average molecular weight is 533 g/mol. The van der Waals surface area contributed by atoms with E-state index in [0.29, 0.717) is 25.9 Å². The summed E-state index contributed by atoms with van der Waals surface area (Å²) in [6, 6.07) is 5.78. The molecule has 7 atom stereocenters. The minimum Gasteiger partial charge on any atom is -0.480 e. The van der Waals surface area contributed by atoms with Gasteiger partial charge in [-0.15, -0.1) is 11.6 Å². The fraction of sp³-hybridized carbons (Fsp3) is 0.560. The predicted octanol–water partition coefficient (Wildman–Crippen LogP) is 5.17. The molecule has 6 nitrogen and oxygen atoms in total. The van der Waals surface area contributed by atoms with Crippen molar-refractivity contribution in [2.24, 2.45) is 11.8 Å². The van der Waals surface area contributed by atoms with Gasteiger partial charge in [0.05, 0.1) is 36.7 Å². The first-order chi connectivity index (χ1) is 16.9. The Morgan fingerprint density at radius 3 is 2.91 bits per heavy atom. The molecule has 3 unspecified atom stereocenters. The average Bonchev–Trinajstić information content (AvgIpc) is 3.14. The summed E-state index contributed by atoms with van der Waals surface area (Å²) in [5, 5.41) is 10.6. The Morgan fingerprint density at radius 2 is 2.21 bits per heavy atom. The highest BCUT2D eigenvalue weighted by Crippen LogP contribution is 2.41. The first-order valence-electron chi connectivity index (χ1n) is 12.0. The quantitative estimate of drug-likeness (QED) is 0.110. The van der Waals surface area contributed by atoms with Gasteiger partial charge in [-0.2, -0.15) is 0 Å². The highest BCUT2D eigenvalue weighted by Gasteiger charge is 2.40. The summed E-state index contributed by atoms with van der Waals surface area (Å²) in [7, 11) is 4.91. The number of halogens is 1. The molecule has 1 fully saturated rings. The molecule has 9 heteroatoms. The number of allylic oxidation sites excluding steroid dienone is 2. The lowest BCUT2D eigenvalue weighted by Gasteiger charge is -2.21. The maximum Gasteiger partial charge on any atom is 0.305 e. The molecule has 0 aliphatic heterocycles. The van der Waals surface area contributed by atoms with E-state index in [1.807, 2.05) is 30.4 Å². The van der Waals surface area contributed by atoms with Crippen LogP contribution in [0.25, 0.3) is 0 Å². The molecule has 1 aliphatic carbocycles. The molecule has 34 heavy (non-hydrogen) atoms. The number of alkyl halides is 1. The van der Waals surface area contributed by atoms with Crippen LogP contribution >= 0.6 is 30.5 Å². The first-order valence-corrected chi connectivity index (χ1v) is 12.8. The molecule has 0 radical (unpaired) electrons. The second kappa shape index (κ2) is 15.9. The van der Waals surface area contributed by atoms with Crippen LogP contribution in [0, 0.1) is 11.8 Å². The van der Waals surface area contributed by atoms with E-state index < -0.39 is 6.10 Å². The SMILES string of the molecule is [3H]PO[C@@H]1C[C@@H](Cl)[C@H](C/C=C\CCCC(=O)OC)[C@H]1/C=C/C(O)Cc1ccc(OP)c(COC)c1. The standard InChI is InChI=1S/C25H37ClO6P2/c1-29-16-18-13-17(9-12-23(18)31-33)14-19(27)10-11-21-20(22(26)15-24(21)32-34)7-5-3-4-6-8-25(28)30-2/h3,5,9-13,19-22,24,27H,4,6-8,14-16,33-34H2,1-2H3/b5-3-,11-10+/t19?,20-,21-,22-,24-/m1/s1/i34T/t19?,20-,21-,22-,24-,34?. The molecule has 1 aromatic carbocycles. The van der Waals surface area contributed by atoms with Gasteiger partial charge >= 0.3 is 5.97 Å². The number of ether oxygens (including phenoxy) is 2. The smallest absolute Gasteiger partial charge is 0.305 e. The van der Waals surface area contributed by atoms with Gasteiger partial charge in [0.15, 0.2) is 0 Å². The number of carbonyl (C=O) groups is 1. The molecular weight excluding hydrogens is 494 g/mol. The molecule has 1 aromatic rings. The van der Waals surface area contributed by atoms with Gasteiger partial charge in [0.25, 0.3) is 0 Å². The molecule has 1 N–H and O–H groups in total. The number of carbonyl (C=O) groups excluding carboxylic acids is 1. The molecular formula is C25H37ClO6P2. The Bertz CT molecular complexity index is 840. The Labute approximate surface area is 214 Å². The van der Waals surface area contributed by atoms with Gasteiger partial charge in [-0.3, -0.25) is 4.79 Å². The molecule has 2 rings (SSSR count). The third-order valence-corrected chi connectivity index (χ3v) is 7.16. The zero-order chi connectivity index (χ0) is 25.6. The van der Waals surface area contributed by atoms with Gasteiger partial charge in [0.2, 0.25) is 0 Å². The van der Waals surface area contributed by atoms with Crippen molar-refractivity contribution in [1.82, 2.24) is 0 Å². The highest BCUT2D eigenvalue weighted by atomic mass is 35.5. The number of rotatable bonds is 15. The molecule has 1 aliphatic rings. The number of esters is 1. The molecule has 0 heterocycles. The highest BCUT2D eigenvalue weighted by molar-refractivity contribution is 7.10. The summed E-state index contributed by atoms with van der Waals surface area (Å²) in [5.74, 6) is 0.687. The second-order valence-electron chi connectivity index (χ2n) is 8.47. The molecule has 190 valence electrons. The maximum absolute atomic E-state index is 11.2. The Hall–Kier alpha value is -1.00. The van der Waals surface area contributed by atoms with Crippen molar-refractivity contribution in [2.45, 2.75) is 62.7 Å². The van der Waals surface area contributed by atoms with Crippen LogP contribution in [0.2, 0.25) is 0 Å². The lowest BCUT2D eigenvalue weighted by molar-refractivity contribution is -0.140. The monoisotopic (exact) mass is 532 g/mol. The van der Waals surface area contributed by atoms with E-state index in [2.05, 4.69) is 26.4 Å². The van der Waals surface area contributed by atoms with Crippen LogP contribution in [0.15, 0.2) is 42.5 Å². The molecule has 0 bridgehead atoms. The fourth-order valence-corrected chi connectivity index (χ4v) is 5.25. The Morgan fingerprint density at radius 1 is 1.38 bits per heavy atom. The number of hydrogen-bond donors (Lipinski definition) is 1. The van der Waals surface area contributed by atoms with Crippen molar-refractivity contribution < 1.29 is 28.4 Å². The number of aliphatic hydroxyl groups is 1. The van der Waals surface area contributed by atoms with Gasteiger partial charge in [-0.1, -0.05) is 30.4 Å². The van der Waals surface area contributed by atoms with Crippen molar-refractivity contribution in [2.75, 3.05) is 14.2 Å². The maximum atomic E-state index is 11.2. The minimum absolute atomic E-state index is 0.0154. The number of methoxy groups -OCH3 is 2. The summed E-state index contributed by atoms with van der Waals surface area (Å²) in [5.41, 5.74) is 1.90. The van der Waals surface area contributed by atoms with E-state index in [9.17, 15) is 9.90 Å². The molecule has 0 saturated heterocycles. The molecule has 0 aromatic heterocycles. The van der Waals surface area contributed by atoms with Crippen molar-refractivity contribution in [3.05, 3.63) is 53.6 Å². The molecule has 0 amide bonds. The van der Waals surface area contributed by atoms with Crippen LogP contribution < -0.4 is 4.52 Å². The third kappa shape index (κ3) is 9.22. The fourth-order valence-electron chi connectivity index (χ4n) is 4.32. The Kier molecular flexibility index (Phi) is 12.9. The van der Waals surface area contributed by atoms with E-state index in [1.165, 1.54) is 7.11 Å². The van der Waals surface area contributed by atoms with Crippen LogP contribution in [-0.2, 0) is 31.8 Å². The summed E-state index contributed by atoms with van der Waals surface area (Å²) < 4.78 is 28.4. The van der Waals surface area contributed by atoms with Gasteiger partial charge in [-0.25, -0.2) is 0 Å². The molecule has 0 spiro atoms. The Balaban J connectivity index is 2.00. The van der Waals surface area contributed by atoms with E-state index in [1.54, 1.807) is 7.11 Å². The summed E-state index contributed by atoms with van der Waals surface area (Å²) in [4.78, 5) is 11.2. The summed E-state index contributed by atoms with van der Waals surface area (Å²) >= 11 is 6.67. The van der Waals surface area contributed by atoms with Crippen LogP contribution in [0.1, 0.15) is 43.2 Å². The van der Waals surface area contributed by atoms with Gasteiger partial charge in [0, 0.05) is 46.2 Å². The van der Waals surface area contributed by atoms with Crippen LogP contribution in [0.4, 0.5) is 0 Å². The normalized spacial score (nSPS) is 24.3. The summed E-state index contributed by atoms with van der Waals surface area (Å²) in [6.45, 7) is 0.424. The summed E-state index contributed by atoms with van der Waals surface area (Å²) in [6.07, 6.45) is 11.0. The topological polar surface area (TPSA) is 74.2 Å². The van der Waals surface area contributed by atoms with Crippen LogP contribution in [-0.4, -0.2) is 44.2 Å². The van der Waals surface area contributed by atoms with Gasteiger partial charge in [0.1, 0.15) is 5.75 Å². The van der Waals surface area contributed by atoms with Crippen molar-refractivity contribution >= 4 is 36.4 Å². The van der Waals surface area contributed by atoms with Crippen molar-refractivity contribution in [3.63, 3.8) is 0 Å². The second-order valence-corrected chi connectivity index (χ2v) is 9.51. The number of unbranched alkanes of at least 4 members (excludes halogenated alkanes) is 1. The van der Waals surface area contributed by atoms with Gasteiger partial charge in [-0.05, 0) is 49.3 Å². The number of aliphatic hydroxyl groups excluding tert-OH is 1. The molecule has 1 saturated carbocycles. The largest absolute Gasteiger partial charge is 0.480 e. The van der Waals surface area contributed by atoms with Crippen LogP contribution in [0.5, 0.6) is 5.75 Å². The predicted molar refractivity (Wildman–Crippen MR) is 142 cm³/mol. The van der Waals surface area contributed by atoms with Crippen LogP contribution in [0.3, 0.4) is 0 Å². The first kappa shape index (κ1) is 27.6.